The van der Waals surface area contributed by atoms with Gasteiger partial charge in [-0.3, -0.25) is 9.48 Å². The van der Waals surface area contributed by atoms with E-state index in [-0.39, 0.29) is 29.3 Å². The number of anilines is 3. The van der Waals surface area contributed by atoms with Crippen LogP contribution in [0.15, 0.2) is 30.5 Å². The minimum atomic E-state index is -0.781. The zero-order valence-electron chi connectivity index (χ0n) is 20.5. The third kappa shape index (κ3) is 6.28. The highest BCUT2D eigenvalue weighted by Gasteiger charge is 2.24. The molecule has 36 heavy (non-hydrogen) atoms. The smallest absolute Gasteiger partial charge is 0.252 e. The van der Waals surface area contributed by atoms with Gasteiger partial charge < -0.3 is 31.6 Å². The third-order valence-corrected chi connectivity index (χ3v) is 6.27. The molecule has 3 aromatic rings. The molecule has 2 heterocycles. The maximum Gasteiger partial charge on any atom is 0.252 e. The molecular formula is C25H34FN7O3. The topological polar surface area (TPSA) is 142 Å². The first kappa shape index (κ1) is 25.8. The number of carbonyl (C=O) groups excluding carboxylic acids is 1. The van der Waals surface area contributed by atoms with Crippen LogP contribution in [0.25, 0.3) is 10.9 Å². The summed E-state index contributed by atoms with van der Waals surface area (Å²) in [7, 11) is 0. The Morgan fingerprint density at radius 3 is 2.78 bits per heavy atom. The summed E-state index contributed by atoms with van der Waals surface area (Å²) in [6.07, 6.45) is 5.65. The van der Waals surface area contributed by atoms with Gasteiger partial charge in [-0.2, -0.15) is 5.10 Å². The molecule has 194 valence electrons. The van der Waals surface area contributed by atoms with Crippen molar-refractivity contribution in [3.8, 4) is 0 Å². The summed E-state index contributed by atoms with van der Waals surface area (Å²) in [5, 5.41) is 11.7. The maximum atomic E-state index is 14.8. The molecule has 0 bridgehead atoms. The van der Waals surface area contributed by atoms with Gasteiger partial charge in [0.05, 0.1) is 43.1 Å². The van der Waals surface area contributed by atoms with Crippen LogP contribution in [0.3, 0.4) is 0 Å². The number of primary amides is 1. The van der Waals surface area contributed by atoms with Crippen LogP contribution in [0.1, 0.15) is 43.0 Å². The first-order valence-corrected chi connectivity index (χ1v) is 12.4. The number of halogens is 1. The highest BCUT2D eigenvalue weighted by Crippen LogP contribution is 2.29. The first-order chi connectivity index (χ1) is 17.5. The van der Waals surface area contributed by atoms with E-state index < -0.39 is 11.7 Å². The summed E-state index contributed by atoms with van der Waals surface area (Å²) < 4.78 is 27.5. The number of hydrogen-bond acceptors (Lipinski definition) is 8. The normalized spacial score (nSPS) is 17.9. The average molecular weight is 500 g/mol. The van der Waals surface area contributed by atoms with E-state index in [0.717, 1.165) is 42.7 Å². The van der Waals surface area contributed by atoms with Crippen molar-refractivity contribution in [2.24, 2.45) is 11.5 Å². The molecule has 1 amide bonds. The average Bonchev–Trinajstić information content (AvgIpc) is 3.28. The summed E-state index contributed by atoms with van der Waals surface area (Å²) in [5.41, 5.74) is 13.1. The van der Waals surface area contributed by atoms with Crippen LogP contribution in [-0.4, -0.2) is 59.2 Å². The summed E-state index contributed by atoms with van der Waals surface area (Å²) in [4.78, 5) is 16.5. The van der Waals surface area contributed by atoms with Crippen LogP contribution in [0, 0.1) is 5.82 Å². The van der Waals surface area contributed by atoms with Crippen molar-refractivity contribution < 1.29 is 18.7 Å². The molecule has 2 aromatic heterocycles. The molecule has 1 unspecified atom stereocenters. The van der Waals surface area contributed by atoms with Crippen molar-refractivity contribution in [1.29, 1.82) is 0 Å². The van der Waals surface area contributed by atoms with Gasteiger partial charge in [0.2, 0.25) is 0 Å². The van der Waals surface area contributed by atoms with Gasteiger partial charge in [0.15, 0.2) is 11.6 Å². The SMILES string of the molecule is CCOCCOCCn1cc2c(Nc3nc(NC4CCCC[C@@H]4N)c(F)cc3C(N)=O)cccc2n1. The van der Waals surface area contributed by atoms with Gasteiger partial charge in [0.1, 0.15) is 5.82 Å². The van der Waals surface area contributed by atoms with Crippen molar-refractivity contribution in [1.82, 2.24) is 14.8 Å². The van der Waals surface area contributed by atoms with E-state index in [4.69, 9.17) is 20.9 Å². The van der Waals surface area contributed by atoms with Crippen molar-refractivity contribution in [2.45, 2.75) is 51.2 Å². The molecule has 1 aliphatic rings. The van der Waals surface area contributed by atoms with Crippen LogP contribution in [-0.2, 0) is 16.0 Å². The van der Waals surface area contributed by atoms with Crippen molar-refractivity contribution in [3.63, 3.8) is 0 Å². The Morgan fingerprint density at radius 1 is 1.19 bits per heavy atom. The Morgan fingerprint density at radius 2 is 2.00 bits per heavy atom. The molecule has 11 heteroatoms. The number of aromatic nitrogens is 3. The van der Waals surface area contributed by atoms with E-state index in [0.29, 0.717) is 38.7 Å². The quantitative estimate of drug-likeness (QED) is 0.278. The van der Waals surface area contributed by atoms with Gasteiger partial charge >= 0.3 is 0 Å². The largest absolute Gasteiger partial charge is 0.379 e. The predicted molar refractivity (Wildman–Crippen MR) is 137 cm³/mol. The molecule has 1 aromatic carbocycles. The number of nitrogens with zero attached hydrogens (tertiary/aromatic N) is 3. The van der Waals surface area contributed by atoms with Gasteiger partial charge in [0.25, 0.3) is 5.91 Å². The molecule has 1 aliphatic carbocycles. The second-order valence-electron chi connectivity index (χ2n) is 8.84. The minimum absolute atomic E-state index is 0.0388. The van der Waals surface area contributed by atoms with E-state index in [1.165, 1.54) is 0 Å². The molecule has 0 radical (unpaired) electrons. The number of ether oxygens (including phenoxy) is 2. The van der Waals surface area contributed by atoms with Gasteiger partial charge in [0, 0.05) is 30.3 Å². The second kappa shape index (κ2) is 12.1. The highest BCUT2D eigenvalue weighted by atomic mass is 19.1. The van der Waals surface area contributed by atoms with E-state index in [9.17, 15) is 9.18 Å². The zero-order valence-corrected chi connectivity index (χ0v) is 20.5. The Labute approximate surface area is 209 Å². The highest BCUT2D eigenvalue weighted by molar-refractivity contribution is 6.00. The number of benzene rings is 1. The lowest BCUT2D eigenvalue weighted by Crippen LogP contribution is -2.43. The number of rotatable bonds is 12. The minimum Gasteiger partial charge on any atom is -0.379 e. The number of hydrogen-bond donors (Lipinski definition) is 4. The van der Waals surface area contributed by atoms with E-state index in [1.807, 2.05) is 31.3 Å². The van der Waals surface area contributed by atoms with Crippen LogP contribution >= 0.6 is 0 Å². The second-order valence-corrected chi connectivity index (χ2v) is 8.84. The monoisotopic (exact) mass is 499 g/mol. The van der Waals surface area contributed by atoms with Crippen molar-refractivity contribution >= 4 is 34.1 Å². The maximum absolute atomic E-state index is 14.8. The predicted octanol–water partition coefficient (Wildman–Crippen LogP) is 3.15. The van der Waals surface area contributed by atoms with Gasteiger partial charge in [-0.05, 0) is 38.0 Å². The molecule has 0 saturated heterocycles. The molecule has 6 N–H and O–H groups in total. The lowest BCUT2D eigenvalue weighted by atomic mass is 9.91. The van der Waals surface area contributed by atoms with Crippen LogP contribution in [0.2, 0.25) is 0 Å². The Kier molecular flexibility index (Phi) is 8.68. The summed E-state index contributed by atoms with van der Waals surface area (Å²) >= 11 is 0. The molecule has 0 aliphatic heterocycles. The number of carbonyl (C=O) groups is 1. The Hall–Kier alpha value is -3.28. The molecule has 2 atom stereocenters. The number of nitrogens with two attached hydrogens (primary N) is 2. The first-order valence-electron chi connectivity index (χ1n) is 12.4. The summed E-state index contributed by atoms with van der Waals surface area (Å²) in [6, 6.07) is 6.50. The van der Waals surface area contributed by atoms with E-state index in [2.05, 4.69) is 20.7 Å². The van der Waals surface area contributed by atoms with Crippen LogP contribution in [0.5, 0.6) is 0 Å². The number of pyridine rings is 1. The summed E-state index contributed by atoms with van der Waals surface area (Å²) in [6.45, 7) is 4.75. The van der Waals surface area contributed by atoms with Gasteiger partial charge in [-0.1, -0.05) is 18.9 Å². The summed E-state index contributed by atoms with van der Waals surface area (Å²) in [5.74, 6) is -1.23. The van der Waals surface area contributed by atoms with Crippen LogP contribution < -0.4 is 22.1 Å². The number of nitrogens with one attached hydrogen (secondary N) is 2. The lowest BCUT2D eigenvalue weighted by molar-refractivity contribution is 0.0488. The molecular weight excluding hydrogens is 465 g/mol. The number of fused-ring (bicyclic) bond motifs is 1. The molecule has 0 spiro atoms. The fraction of sp³-hybridized carbons (Fsp3) is 0.480. The molecule has 4 rings (SSSR count). The van der Waals surface area contributed by atoms with E-state index in [1.54, 1.807) is 4.68 Å². The standard InChI is InChI=1S/C25H34FN7O3/c1-2-35-12-13-36-11-10-33-15-17-20(8-5-9-21(17)32-33)29-24-16(23(28)34)14-18(26)25(31-24)30-22-7-4-3-6-19(22)27/h5,8-9,14-15,19,22H,2-4,6-7,10-13,27H2,1H3,(H2,28,34)(H2,29,30,31)/t19-,22?/m0/s1. The Bertz CT molecular complexity index is 1190. The zero-order chi connectivity index (χ0) is 25.5. The Balaban J connectivity index is 1.54. The third-order valence-electron chi connectivity index (χ3n) is 6.27. The molecule has 10 nitrogen and oxygen atoms in total. The number of amides is 1. The van der Waals surface area contributed by atoms with Crippen LogP contribution in [0.4, 0.5) is 21.7 Å². The molecule has 1 fully saturated rings. The lowest BCUT2D eigenvalue weighted by Gasteiger charge is -2.30. The molecule has 1 saturated carbocycles. The van der Waals surface area contributed by atoms with Crippen molar-refractivity contribution in [3.05, 3.63) is 41.8 Å². The van der Waals surface area contributed by atoms with E-state index >= 15 is 0 Å². The van der Waals surface area contributed by atoms with Crippen molar-refractivity contribution in [2.75, 3.05) is 37.1 Å². The fourth-order valence-electron chi connectivity index (χ4n) is 4.35. The van der Waals surface area contributed by atoms with Gasteiger partial charge in [-0.15, -0.1) is 0 Å². The van der Waals surface area contributed by atoms with Gasteiger partial charge in [-0.25, -0.2) is 9.37 Å². The fourth-order valence-corrected chi connectivity index (χ4v) is 4.35.